The zero-order chi connectivity index (χ0) is 12.6. The van der Waals surface area contributed by atoms with Crippen molar-refractivity contribution >= 4 is 33.3 Å². The molecule has 0 bridgehead atoms. The van der Waals surface area contributed by atoms with Crippen LogP contribution in [0.3, 0.4) is 0 Å². The Balaban J connectivity index is 2.43. The van der Waals surface area contributed by atoms with Gasteiger partial charge in [0.15, 0.2) is 0 Å². The van der Waals surface area contributed by atoms with Gasteiger partial charge in [0.25, 0.3) is 11.7 Å². The van der Waals surface area contributed by atoms with Crippen LogP contribution >= 0.6 is 15.9 Å². The molecule has 1 aliphatic heterocycles. The van der Waals surface area contributed by atoms with Crippen molar-refractivity contribution in [3.63, 3.8) is 0 Å². The number of Topliss-reactive ketones (excluding diaryl/α,β-unsaturated/α-hetero) is 1. The molecule has 17 heavy (non-hydrogen) atoms. The first-order valence-corrected chi connectivity index (χ1v) is 6.09. The molecule has 3 nitrogen and oxygen atoms in total. The van der Waals surface area contributed by atoms with E-state index in [2.05, 4.69) is 15.9 Å². The van der Waals surface area contributed by atoms with E-state index in [1.165, 1.54) is 4.90 Å². The second-order valence-corrected chi connectivity index (χ2v) is 5.10. The number of nitrogens with zero attached hydrogens (tertiary/aromatic N) is 1. The fourth-order valence-corrected chi connectivity index (χ4v) is 2.07. The van der Waals surface area contributed by atoms with Gasteiger partial charge >= 0.3 is 0 Å². The molecule has 1 aromatic rings. The number of amides is 1. The summed E-state index contributed by atoms with van der Waals surface area (Å²) in [6.45, 7) is 4.37. The van der Waals surface area contributed by atoms with Gasteiger partial charge in [-0.2, -0.15) is 0 Å². The Bertz CT molecular complexity index is 530. The van der Waals surface area contributed by atoms with Crippen LogP contribution in [-0.2, 0) is 4.79 Å². The molecule has 4 heteroatoms. The molecule has 0 N–H and O–H groups in total. The lowest BCUT2D eigenvalue weighted by molar-refractivity contribution is -0.114. The molecular formula is C13H12BrNO2. The first-order valence-electron chi connectivity index (χ1n) is 5.30. The standard InChI is InChI=1S/C13H12BrNO2/c1-8(2)5-6-15-11-7-9(14)3-4-10(11)12(16)13(15)17/h3-5,7H,6H2,1-2H3. The summed E-state index contributed by atoms with van der Waals surface area (Å²) in [5, 5.41) is 0. The van der Waals surface area contributed by atoms with Crippen LogP contribution in [-0.4, -0.2) is 18.2 Å². The van der Waals surface area contributed by atoms with E-state index in [0.717, 1.165) is 10.0 Å². The Morgan fingerprint density at radius 3 is 2.71 bits per heavy atom. The first-order chi connectivity index (χ1) is 8.00. The highest BCUT2D eigenvalue weighted by molar-refractivity contribution is 9.10. The Morgan fingerprint density at radius 1 is 1.35 bits per heavy atom. The van der Waals surface area contributed by atoms with Gasteiger partial charge in [0.2, 0.25) is 0 Å². The van der Waals surface area contributed by atoms with Gasteiger partial charge in [0.05, 0.1) is 11.3 Å². The number of hydrogen-bond acceptors (Lipinski definition) is 2. The fourth-order valence-electron chi connectivity index (χ4n) is 1.72. The largest absolute Gasteiger partial charge is 0.301 e. The summed E-state index contributed by atoms with van der Waals surface area (Å²) < 4.78 is 0.862. The number of fused-ring (bicyclic) bond motifs is 1. The maximum Gasteiger partial charge on any atom is 0.299 e. The highest BCUT2D eigenvalue weighted by Crippen LogP contribution is 2.31. The molecule has 1 aliphatic rings. The van der Waals surface area contributed by atoms with Crippen LogP contribution < -0.4 is 4.90 Å². The van der Waals surface area contributed by atoms with Gasteiger partial charge in [-0.05, 0) is 32.0 Å². The van der Waals surface area contributed by atoms with Crippen LogP contribution in [0.15, 0.2) is 34.3 Å². The van der Waals surface area contributed by atoms with Crippen molar-refractivity contribution in [1.82, 2.24) is 0 Å². The molecule has 0 atom stereocenters. The molecule has 0 unspecified atom stereocenters. The predicted octanol–water partition coefficient (Wildman–Crippen LogP) is 2.94. The zero-order valence-electron chi connectivity index (χ0n) is 9.66. The number of carbonyl (C=O) groups excluding carboxylic acids is 2. The van der Waals surface area contributed by atoms with E-state index in [4.69, 9.17) is 0 Å². The molecule has 1 heterocycles. The average Bonchev–Trinajstić information content (AvgIpc) is 2.49. The molecule has 88 valence electrons. The quantitative estimate of drug-likeness (QED) is 0.621. The molecule has 0 saturated heterocycles. The van der Waals surface area contributed by atoms with Crippen LogP contribution in [0, 0.1) is 0 Å². The highest BCUT2D eigenvalue weighted by Gasteiger charge is 2.34. The van der Waals surface area contributed by atoms with E-state index in [0.29, 0.717) is 17.8 Å². The van der Waals surface area contributed by atoms with Crippen LogP contribution in [0.2, 0.25) is 0 Å². The summed E-state index contributed by atoms with van der Waals surface area (Å²) in [6.07, 6.45) is 1.93. The lowest BCUT2D eigenvalue weighted by atomic mass is 10.1. The maximum atomic E-state index is 11.8. The summed E-state index contributed by atoms with van der Waals surface area (Å²) in [6, 6.07) is 5.26. The number of halogens is 1. The number of allylic oxidation sites excluding steroid dienone is 1. The smallest absolute Gasteiger partial charge is 0.299 e. The Kier molecular flexibility index (Phi) is 3.15. The van der Waals surface area contributed by atoms with Gasteiger partial charge in [-0.3, -0.25) is 9.59 Å². The number of ketones is 1. The first kappa shape index (κ1) is 12.0. The monoisotopic (exact) mass is 293 g/mol. The van der Waals surface area contributed by atoms with Crippen molar-refractivity contribution < 1.29 is 9.59 Å². The van der Waals surface area contributed by atoms with Gasteiger partial charge in [-0.1, -0.05) is 27.6 Å². The number of hydrogen-bond donors (Lipinski definition) is 0. The minimum absolute atomic E-state index is 0.422. The molecule has 1 amide bonds. The van der Waals surface area contributed by atoms with Gasteiger partial charge in [-0.25, -0.2) is 0 Å². The van der Waals surface area contributed by atoms with Crippen molar-refractivity contribution in [2.75, 3.05) is 11.4 Å². The number of carbonyl (C=O) groups is 2. The van der Waals surface area contributed by atoms with Gasteiger partial charge in [-0.15, -0.1) is 0 Å². The van der Waals surface area contributed by atoms with Crippen molar-refractivity contribution in [2.24, 2.45) is 0 Å². The van der Waals surface area contributed by atoms with Crippen LogP contribution in [0.5, 0.6) is 0 Å². The van der Waals surface area contributed by atoms with E-state index >= 15 is 0 Å². The summed E-state index contributed by atoms with van der Waals surface area (Å²) >= 11 is 3.35. The highest BCUT2D eigenvalue weighted by atomic mass is 79.9. The Labute approximate surface area is 108 Å². The number of anilines is 1. The van der Waals surface area contributed by atoms with Crippen molar-refractivity contribution in [2.45, 2.75) is 13.8 Å². The molecule has 0 fully saturated rings. The molecule has 1 aromatic carbocycles. The second-order valence-electron chi connectivity index (χ2n) is 4.19. The van der Waals surface area contributed by atoms with E-state index in [1.54, 1.807) is 18.2 Å². The lowest BCUT2D eigenvalue weighted by Gasteiger charge is -2.14. The van der Waals surface area contributed by atoms with Gasteiger partial charge < -0.3 is 4.90 Å². The minimum Gasteiger partial charge on any atom is -0.301 e. The van der Waals surface area contributed by atoms with E-state index in [-0.39, 0.29) is 0 Å². The third-order valence-corrected chi connectivity index (χ3v) is 3.11. The molecule has 0 aromatic heterocycles. The topological polar surface area (TPSA) is 37.4 Å². The van der Waals surface area contributed by atoms with Crippen molar-refractivity contribution in [1.29, 1.82) is 0 Å². The third-order valence-electron chi connectivity index (χ3n) is 2.62. The van der Waals surface area contributed by atoms with E-state index in [9.17, 15) is 9.59 Å². The van der Waals surface area contributed by atoms with E-state index in [1.807, 2.05) is 19.9 Å². The average molecular weight is 294 g/mol. The summed E-state index contributed by atoms with van der Waals surface area (Å²) in [4.78, 5) is 25.1. The third kappa shape index (κ3) is 2.17. The van der Waals surface area contributed by atoms with Gasteiger partial charge in [0, 0.05) is 11.0 Å². The van der Waals surface area contributed by atoms with Gasteiger partial charge in [0.1, 0.15) is 0 Å². The van der Waals surface area contributed by atoms with Crippen LogP contribution in [0.4, 0.5) is 5.69 Å². The number of benzene rings is 1. The molecule has 0 aliphatic carbocycles. The Morgan fingerprint density at radius 2 is 2.06 bits per heavy atom. The zero-order valence-corrected chi connectivity index (χ0v) is 11.2. The molecule has 2 rings (SSSR count). The second kappa shape index (κ2) is 4.45. The van der Waals surface area contributed by atoms with Crippen LogP contribution in [0.25, 0.3) is 0 Å². The Hall–Kier alpha value is -1.42. The van der Waals surface area contributed by atoms with E-state index < -0.39 is 11.7 Å². The summed E-state index contributed by atoms with van der Waals surface area (Å²) in [7, 11) is 0. The number of rotatable bonds is 2. The SMILES string of the molecule is CC(C)=CCN1C(=O)C(=O)c2ccc(Br)cc21. The molecule has 0 radical (unpaired) electrons. The normalized spacial score (nSPS) is 13.9. The lowest BCUT2D eigenvalue weighted by Crippen LogP contribution is -2.29. The summed E-state index contributed by atoms with van der Waals surface area (Å²) in [5.41, 5.74) is 2.29. The summed E-state index contributed by atoms with van der Waals surface area (Å²) in [5.74, 6) is -0.870. The molecule has 0 saturated carbocycles. The minimum atomic E-state index is -0.449. The van der Waals surface area contributed by atoms with Crippen molar-refractivity contribution in [3.05, 3.63) is 39.9 Å². The molecular weight excluding hydrogens is 282 g/mol. The van der Waals surface area contributed by atoms with Crippen LogP contribution in [0.1, 0.15) is 24.2 Å². The fraction of sp³-hybridized carbons (Fsp3) is 0.231. The predicted molar refractivity (Wildman–Crippen MR) is 70.3 cm³/mol. The van der Waals surface area contributed by atoms with Crippen molar-refractivity contribution in [3.8, 4) is 0 Å². The molecule has 0 spiro atoms. The maximum absolute atomic E-state index is 11.8.